The van der Waals surface area contributed by atoms with Gasteiger partial charge in [0.15, 0.2) is 0 Å². The zero-order valence-corrected chi connectivity index (χ0v) is 13.1. The minimum Gasteiger partial charge on any atom is -0.365 e. The molecule has 0 amide bonds. The van der Waals surface area contributed by atoms with Gasteiger partial charge in [0.2, 0.25) is 0 Å². The number of pyridine rings is 1. The molecule has 0 spiro atoms. The van der Waals surface area contributed by atoms with Gasteiger partial charge in [0, 0.05) is 22.4 Å². The Kier molecular flexibility index (Phi) is 3.85. The zero-order chi connectivity index (χ0) is 14.8. The minimum absolute atomic E-state index is 0.0773. The number of fused-ring (bicyclic) bond motifs is 1. The lowest BCUT2D eigenvalue weighted by atomic mass is 10.2. The van der Waals surface area contributed by atoms with Crippen LogP contribution in [-0.4, -0.2) is 9.91 Å². The van der Waals surface area contributed by atoms with Crippen molar-refractivity contribution in [3.8, 4) is 0 Å². The standard InChI is InChI=1S/C14H10BrN3O2S/c15-13-5-3-11(21-13)8-16-14-6-1-9-7-10(18(19)20)2-4-12(9)17-14/h1-7H,8H2,(H,16,17). The summed E-state index contributed by atoms with van der Waals surface area (Å²) in [6.45, 7) is 0.696. The molecule has 2 aromatic heterocycles. The molecule has 0 saturated carbocycles. The Bertz CT molecular complexity index is 819. The molecule has 0 saturated heterocycles. The molecule has 0 radical (unpaired) electrons. The molecule has 5 nitrogen and oxygen atoms in total. The van der Waals surface area contributed by atoms with E-state index in [1.54, 1.807) is 17.4 Å². The third-order valence-electron chi connectivity index (χ3n) is 2.96. The molecule has 21 heavy (non-hydrogen) atoms. The van der Waals surface area contributed by atoms with Crippen LogP contribution in [0.25, 0.3) is 10.9 Å². The number of nitrogens with one attached hydrogen (secondary N) is 1. The maximum absolute atomic E-state index is 10.7. The first-order valence-corrected chi connectivity index (χ1v) is 7.76. The highest BCUT2D eigenvalue weighted by Gasteiger charge is 2.07. The number of nitro groups is 1. The lowest BCUT2D eigenvalue weighted by molar-refractivity contribution is -0.384. The topological polar surface area (TPSA) is 68.1 Å². The van der Waals surface area contributed by atoms with Crippen molar-refractivity contribution in [1.82, 2.24) is 4.98 Å². The number of benzene rings is 1. The molecule has 0 bridgehead atoms. The van der Waals surface area contributed by atoms with Crippen LogP contribution < -0.4 is 5.32 Å². The number of hydrogen-bond acceptors (Lipinski definition) is 5. The predicted molar refractivity (Wildman–Crippen MR) is 87.7 cm³/mol. The fourth-order valence-corrected chi connectivity index (χ4v) is 3.37. The zero-order valence-electron chi connectivity index (χ0n) is 10.7. The first-order chi connectivity index (χ1) is 10.1. The van der Waals surface area contributed by atoms with Crippen LogP contribution in [0.2, 0.25) is 0 Å². The molecule has 0 aliphatic rings. The van der Waals surface area contributed by atoms with Gasteiger partial charge in [0.05, 0.1) is 20.8 Å². The number of rotatable bonds is 4. The van der Waals surface area contributed by atoms with E-state index >= 15 is 0 Å². The fraction of sp³-hybridized carbons (Fsp3) is 0.0714. The summed E-state index contributed by atoms with van der Waals surface area (Å²) in [7, 11) is 0. The van der Waals surface area contributed by atoms with Gasteiger partial charge in [0.1, 0.15) is 5.82 Å². The second-order valence-electron chi connectivity index (χ2n) is 4.39. The molecular formula is C14H10BrN3O2S. The number of nitro benzene ring substituents is 1. The summed E-state index contributed by atoms with van der Waals surface area (Å²) in [4.78, 5) is 16.0. The van der Waals surface area contributed by atoms with E-state index in [0.29, 0.717) is 6.54 Å². The van der Waals surface area contributed by atoms with Gasteiger partial charge in [-0.3, -0.25) is 10.1 Å². The molecule has 0 atom stereocenters. The normalized spacial score (nSPS) is 10.7. The van der Waals surface area contributed by atoms with Crippen molar-refractivity contribution < 1.29 is 4.92 Å². The molecule has 2 heterocycles. The van der Waals surface area contributed by atoms with E-state index in [4.69, 9.17) is 0 Å². The molecule has 0 aliphatic heterocycles. The molecular weight excluding hydrogens is 354 g/mol. The molecule has 7 heteroatoms. The highest BCUT2D eigenvalue weighted by atomic mass is 79.9. The lowest BCUT2D eigenvalue weighted by Crippen LogP contribution is -1.99. The van der Waals surface area contributed by atoms with Gasteiger partial charge in [-0.15, -0.1) is 11.3 Å². The Morgan fingerprint density at radius 1 is 1.24 bits per heavy atom. The van der Waals surface area contributed by atoms with Gasteiger partial charge in [-0.1, -0.05) is 0 Å². The average molecular weight is 364 g/mol. The molecule has 0 unspecified atom stereocenters. The van der Waals surface area contributed by atoms with Gasteiger partial charge < -0.3 is 5.32 Å². The van der Waals surface area contributed by atoms with Crippen molar-refractivity contribution >= 4 is 49.7 Å². The third-order valence-corrected chi connectivity index (χ3v) is 4.58. The van der Waals surface area contributed by atoms with Crippen LogP contribution in [0, 0.1) is 10.1 Å². The summed E-state index contributed by atoms with van der Waals surface area (Å²) in [6.07, 6.45) is 0. The van der Waals surface area contributed by atoms with Crippen LogP contribution in [0.15, 0.2) is 46.3 Å². The first kappa shape index (κ1) is 14.0. The number of non-ortho nitro benzene ring substituents is 1. The van der Waals surface area contributed by atoms with E-state index in [9.17, 15) is 10.1 Å². The van der Waals surface area contributed by atoms with Crippen LogP contribution in [0.1, 0.15) is 4.88 Å². The minimum atomic E-state index is -0.403. The van der Waals surface area contributed by atoms with E-state index in [2.05, 4.69) is 26.2 Å². The lowest BCUT2D eigenvalue weighted by Gasteiger charge is -2.05. The van der Waals surface area contributed by atoms with Gasteiger partial charge in [-0.05, 0) is 46.3 Å². The molecule has 1 N–H and O–H groups in total. The number of halogens is 1. The van der Waals surface area contributed by atoms with Crippen molar-refractivity contribution in [2.45, 2.75) is 6.54 Å². The van der Waals surface area contributed by atoms with Crippen molar-refractivity contribution in [3.63, 3.8) is 0 Å². The smallest absolute Gasteiger partial charge is 0.270 e. The SMILES string of the molecule is O=[N+]([O-])c1ccc2nc(NCc3ccc(Br)s3)ccc2c1. The van der Waals surface area contributed by atoms with Crippen molar-refractivity contribution in [1.29, 1.82) is 0 Å². The summed E-state index contributed by atoms with van der Waals surface area (Å²) in [5.41, 5.74) is 0.811. The number of thiophene rings is 1. The monoisotopic (exact) mass is 363 g/mol. The molecule has 3 rings (SSSR count). The summed E-state index contributed by atoms with van der Waals surface area (Å²) in [5.74, 6) is 0.751. The van der Waals surface area contributed by atoms with Crippen LogP contribution in [-0.2, 0) is 6.54 Å². The Balaban J connectivity index is 1.80. The van der Waals surface area contributed by atoms with Crippen LogP contribution in [0.5, 0.6) is 0 Å². The first-order valence-electron chi connectivity index (χ1n) is 6.15. The summed E-state index contributed by atoms with van der Waals surface area (Å²) < 4.78 is 1.10. The van der Waals surface area contributed by atoms with E-state index < -0.39 is 4.92 Å². The molecule has 0 aliphatic carbocycles. The largest absolute Gasteiger partial charge is 0.365 e. The number of nitrogens with zero attached hydrogens (tertiary/aromatic N) is 2. The maximum atomic E-state index is 10.7. The highest BCUT2D eigenvalue weighted by molar-refractivity contribution is 9.11. The van der Waals surface area contributed by atoms with E-state index in [0.717, 1.165) is 20.5 Å². The predicted octanol–water partition coefficient (Wildman–Crippen LogP) is 4.58. The average Bonchev–Trinajstić information content (AvgIpc) is 2.90. The van der Waals surface area contributed by atoms with E-state index in [-0.39, 0.29) is 5.69 Å². The number of anilines is 1. The summed E-state index contributed by atoms with van der Waals surface area (Å²) in [6, 6.07) is 12.4. The molecule has 0 fully saturated rings. The van der Waals surface area contributed by atoms with Crippen molar-refractivity contribution in [2.75, 3.05) is 5.32 Å². The maximum Gasteiger partial charge on any atom is 0.270 e. The Morgan fingerprint density at radius 2 is 2.10 bits per heavy atom. The number of hydrogen-bond donors (Lipinski definition) is 1. The van der Waals surface area contributed by atoms with Crippen LogP contribution in [0.3, 0.4) is 0 Å². The van der Waals surface area contributed by atoms with Gasteiger partial charge in [0.25, 0.3) is 5.69 Å². The van der Waals surface area contributed by atoms with E-state index in [1.807, 2.05) is 24.3 Å². The fourth-order valence-electron chi connectivity index (χ4n) is 1.95. The molecule has 1 aromatic carbocycles. The highest BCUT2D eigenvalue weighted by Crippen LogP contribution is 2.24. The Hall–Kier alpha value is -1.99. The van der Waals surface area contributed by atoms with Gasteiger partial charge in [-0.25, -0.2) is 4.98 Å². The van der Waals surface area contributed by atoms with Crippen LogP contribution >= 0.6 is 27.3 Å². The van der Waals surface area contributed by atoms with Gasteiger partial charge >= 0.3 is 0 Å². The Labute approximate surface area is 132 Å². The van der Waals surface area contributed by atoms with Crippen molar-refractivity contribution in [2.24, 2.45) is 0 Å². The second-order valence-corrected chi connectivity index (χ2v) is 6.94. The molecule has 3 aromatic rings. The molecule has 106 valence electrons. The van der Waals surface area contributed by atoms with E-state index in [1.165, 1.54) is 17.0 Å². The number of aromatic nitrogens is 1. The Morgan fingerprint density at radius 3 is 2.81 bits per heavy atom. The van der Waals surface area contributed by atoms with Gasteiger partial charge in [-0.2, -0.15) is 0 Å². The van der Waals surface area contributed by atoms with Crippen LogP contribution in [0.4, 0.5) is 11.5 Å². The summed E-state index contributed by atoms with van der Waals surface area (Å²) in [5, 5.41) is 14.7. The quantitative estimate of drug-likeness (QED) is 0.544. The summed E-state index contributed by atoms with van der Waals surface area (Å²) >= 11 is 5.10. The van der Waals surface area contributed by atoms with Crippen molar-refractivity contribution in [3.05, 3.63) is 61.2 Å². The second kappa shape index (κ2) is 5.79. The third kappa shape index (κ3) is 3.20.